The molecule has 2 aromatic rings. The Bertz CT molecular complexity index is 776. The van der Waals surface area contributed by atoms with Gasteiger partial charge in [0.15, 0.2) is 0 Å². The van der Waals surface area contributed by atoms with Crippen molar-refractivity contribution in [3.05, 3.63) is 56.5 Å². The maximum Gasteiger partial charge on any atom is 0.263 e. The van der Waals surface area contributed by atoms with E-state index in [1.165, 1.54) is 0 Å². The summed E-state index contributed by atoms with van der Waals surface area (Å²) in [5.74, 6) is 0. The number of benzene rings is 2. The summed E-state index contributed by atoms with van der Waals surface area (Å²) in [6.07, 6.45) is 0. The standard InChI is InChI=1S/C14H12Br3NO2S/c1-9-5-13(17)14(7-12(9)16)21(19,20)18-11-4-2-3-10(6-11)8-15/h2-7,18H,8H2,1H3. The molecule has 21 heavy (non-hydrogen) atoms. The van der Waals surface area contributed by atoms with Gasteiger partial charge < -0.3 is 0 Å². The molecule has 0 aliphatic rings. The molecule has 0 heterocycles. The van der Waals surface area contributed by atoms with E-state index in [1.807, 2.05) is 19.1 Å². The molecule has 0 aliphatic carbocycles. The molecule has 0 fully saturated rings. The molecule has 7 heteroatoms. The zero-order chi connectivity index (χ0) is 15.6. The highest BCUT2D eigenvalue weighted by molar-refractivity contribution is 9.11. The molecular weight excluding hydrogens is 486 g/mol. The van der Waals surface area contributed by atoms with Crippen LogP contribution in [0.3, 0.4) is 0 Å². The van der Waals surface area contributed by atoms with Gasteiger partial charge >= 0.3 is 0 Å². The van der Waals surface area contributed by atoms with Crippen molar-refractivity contribution in [2.45, 2.75) is 17.1 Å². The first kappa shape index (κ1) is 17.0. The Hall–Kier alpha value is -0.370. The second-order valence-electron chi connectivity index (χ2n) is 4.47. The Balaban J connectivity index is 2.40. The van der Waals surface area contributed by atoms with E-state index in [1.54, 1.807) is 24.3 Å². The van der Waals surface area contributed by atoms with Crippen LogP contribution in [-0.2, 0) is 15.4 Å². The molecule has 0 atom stereocenters. The Morgan fingerprint density at radius 3 is 2.48 bits per heavy atom. The highest BCUT2D eigenvalue weighted by atomic mass is 79.9. The van der Waals surface area contributed by atoms with Gasteiger partial charge in [0, 0.05) is 20.0 Å². The summed E-state index contributed by atoms with van der Waals surface area (Å²) in [5.41, 5.74) is 2.50. The lowest BCUT2D eigenvalue weighted by Crippen LogP contribution is -2.14. The van der Waals surface area contributed by atoms with E-state index in [4.69, 9.17) is 0 Å². The Morgan fingerprint density at radius 1 is 1.10 bits per heavy atom. The predicted octanol–water partition coefficient (Wildman–Crippen LogP) is 5.22. The topological polar surface area (TPSA) is 46.2 Å². The van der Waals surface area contributed by atoms with Crippen molar-refractivity contribution in [2.24, 2.45) is 0 Å². The summed E-state index contributed by atoms with van der Waals surface area (Å²) >= 11 is 10.0. The van der Waals surface area contributed by atoms with Gasteiger partial charge in [-0.25, -0.2) is 8.42 Å². The van der Waals surface area contributed by atoms with E-state index in [0.29, 0.717) is 15.5 Å². The van der Waals surface area contributed by atoms with Gasteiger partial charge in [-0.3, -0.25) is 4.72 Å². The van der Waals surface area contributed by atoms with Crippen molar-refractivity contribution in [3.63, 3.8) is 0 Å². The Kier molecular flexibility index (Phi) is 5.51. The molecule has 0 radical (unpaired) electrons. The van der Waals surface area contributed by atoms with E-state index >= 15 is 0 Å². The number of alkyl halides is 1. The minimum Gasteiger partial charge on any atom is -0.280 e. The number of aryl methyl sites for hydroxylation is 1. The fourth-order valence-corrected chi connectivity index (χ4v) is 4.84. The second kappa shape index (κ2) is 6.81. The molecule has 0 saturated carbocycles. The predicted molar refractivity (Wildman–Crippen MR) is 96.5 cm³/mol. The molecule has 0 saturated heterocycles. The molecule has 2 rings (SSSR count). The first-order valence-electron chi connectivity index (χ1n) is 5.97. The fourth-order valence-electron chi connectivity index (χ4n) is 1.76. The van der Waals surface area contributed by atoms with Gasteiger partial charge in [0.1, 0.15) is 4.90 Å². The molecule has 0 bridgehead atoms. The Labute approximate surface area is 149 Å². The molecule has 0 spiro atoms. The smallest absolute Gasteiger partial charge is 0.263 e. The molecule has 112 valence electrons. The first-order chi connectivity index (χ1) is 9.83. The van der Waals surface area contributed by atoms with Gasteiger partial charge in [0.2, 0.25) is 0 Å². The van der Waals surface area contributed by atoms with Crippen LogP contribution in [0.1, 0.15) is 11.1 Å². The molecule has 0 unspecified atom stereocenters. The number of anilines is 1. The largest absolute Gasteiger partial charge is 0.280 e. The minimum absolute atomic E-state index is 0.198. The van der Waals surface area contributed by atoms with Crippen molar-refractivity contribution in [2.75, 3.05) is 4.72 Å². The van der Waals surface area contributed by atoms with Crippen molar-refractivity contribution in [1.29, 1.82) is 0 Å². The van der Waals surface area contributed by atoms with Crippen LogP contribution in [0.15, 0.2) is 50.2 Å². The molecule has 1 N–H and O–H groups in total. The van der Waals surface area contributed by atoms with Crippen LogP contribution in [0, 0.1) is 6.92 Å². The van der Waals surface area contributed by atoms with Gasteiger partial charge in [-0.05, 0) is 58.2 Å². The van der Waals surface area contributed by atoms with Crippen molar-refractivity contribution >= 4 is 63.5 Å². The van der Waals surface area contributed by atoms with Crippen LogP contribution in [0.2, 0.25) is 0 Å². The third-order valence-electron chi connectivity index (χ3n) is 2.84. The van der Waals surface area contributed by atoms with Gasteiger partial charge in [-0.1, -0.05) is 44.0 Å². The van der Waals surface area contributed by atoms with E-state index in [-0.39, 0.29) is 4.90 Å². The van der Waals surface area contributed by atoms with Gasteiger partial charge in [-0.15, -0.1) is 0 Å². The number of hydrogen-bond acceptors (Lipinski definition) is 2. The van der Waals surface area contributed by atoms with Crippen LogP contribution in [0.4, 0.5) is 5.69 Å². The highest BCUT2D eigenvalue weighted by Gasteiger charge is 2.19. The van der Waals surface area contributed by atoms with Crippen molar-refractivity contribution < 1.29 is 8.42 Å². The molecular formula is C14H12Br3NO2S. The SMILES string of the molecule is Cc1cc(Br)c(S(=O)(=O)Nc2cccc(CBr)c2)cc1Br. The van der Waals surface area contributed by atoms with Gasteiger partial charge in [-0.2, -0.15) is 0 Å². The van der Waals surface area contributed by atoms with Crippen molar-refractivity contribution in [3.8, 4) is 0 Å². The van der Waals surface area contributed by atoms with Gasteiger partial charge in [0.05, 0.1) is 0 Å². The number of hydrogen-bond donors (Lipinski definition) is 1. The number of sulfonamides is 1. The first-order valence-corrected chi connectivity index (χ1v) is 10.2. The maximum atomic E-state index is 12.5. The summed E-state index contributed by atoms with van der Waals surface area (Å²) in [7, 11) is -3.65. The van der Waals surface area contributed by atoms with Crippen LogP contribution in [0.25, 0.3) is 0 Å². The average Bonchev–Trinajstić information content (AvgIpc) is 2.42. The number of nitrogens with one attached hydrogen (secondary N) is 1. The lowest BCUT2D eigenvalue weighted by Gasteiger charge is -2.12. The average molecular weight is 498 g/mol. The molecule has 0 aliphatic heterocycles. The third-order valence-corrected chi connectivity index (χ3v) is 6.68. The van der Waals surface area contributed by atoms with E-state index in [9.17, 15) is 8.42 Å². The van der Waals surface area contributed by atoms with Crippen molar-refractivity contribution in [1.82, 2.24) is 0 Å². The van der Waals surface area contributed by atoms with E-state index < -0.39 is 10.0 Å². The Morgan fingerprint density at radius 2 is 1.81 bits per heavy atom. The summed E-state index contributed by atoms with van der Waals surface area (Å²) in [6.45, 7) is 1.90. The lowest BCUT2D eigenvalue weighted by molar-refractivity contribution is 0.600. The minimum atomic E-state index is -3.65. The summed E-state index contributed by atoms with van der Waals surface area (Å²) < 4.78 is 28.9. The molecule has 0 amide bonds. The molecule has 2 aromatic carbocycles. The van der Waals surface area contributed by atoms with Crippen LogP contribution < -0.4 is 4.72 Å². The normalized spacial score (nSPS) is 11.4. The van der Waals surface area contributed by atoms with E-state index in [2.05, 4.69) is 52.5 Å². The monoisotopic (exact) mass is 495 g/mol. The molecule has 0 aromatic heterocycles. The second-order valence-corrected chi connectivity index (χ2v) is 8.39. The van der Waals surface area contributed by atoms with E-state index in [0.717, 1.165) is 15.6 Å². The maximum absolute atomic E-state index is 12.5. The summed E-state index contributed by atoms with van der Waals surface area (Å²) in [6, 6.07) is 10.6. The quantitative estimate of drug-likeness (QED) is 0.589. The zero-order valence-corrected chi connectivity index (χ0v) is 16.6. The van der Waals surface area contributed by atoms with Crippen LogP contribution >= 0.6 is 47.8 Å². The molecule has 3 nitrogen and oxygen atoms in total. The number of halogens is 3. The summed E-state index contributed by atoms with van der Waals surface area (Å²) in [5, 5.41) is 0.669. The zero-order valence-electron chi connectivity index (χ0n) is 11.0. The third kappa shape index (κ3) is 4.09. The fraction of sp³-hybridized carbons (Fsp3) is 0.143. The van der Waals surface area contributed by atoms with Crippen LogP contribution in [0.5, 0.6) is 0 Å². The summed E-state index contributed by atoms with van der Waals surface area (Å²) in [4.78, 5) is 0.198. The number of rotatable bonds is 4. The lowest BCUT2D eigenvalue weighted by atomic mass is 10.2. The highest BCUT2D eigenvalue weighted by Crippen LogP contribution is 2.30. The van der Waals surface area contributed by atoms with Gasteiger partial charge in [0.25, 0.3) is 10.0 Å². The van der Waals surface area contributed by atoms with Crippen LogP contribution in [-0.4, -0.2) is 8.42 Å².